The molecule has 0 atom stereocenters. The Morgan fingerprint density at radius 2 is 1.86 bits per heavy atom. The highest BCUT2D eigenvalue weighted by molar-refractivity contribution is 14.1. The Labute approximate surface area is 139 Å². The van der Waals surface area contributed by atoms with E-state index < -0.39 is 0 Å². The van der Waals surface area contributed by atoms with Gasteiger partial charge in [-0.3, -0.25) is 0 Å². The topological polar surface area (TPSA) is 47.0 Å². The Hall–Kier alpha value is -1.37. The van der Waals surface area contributed by atoms with Crippen LogP contribution < -0.4 is 10.1 Å². The molecule has 4 nitrogen and oxygen atoms in total. The number of halogens is 1. The van der Waals surface area contributed by atoms with Crippen LogP contribution >= 0.6 is 22.6 Å². The zero-order valence-corrected chi connectivity index (χ0v) is 14.8. The summed E-state index contributed by atoms with van der Waals surface area (Å²) in [5.74, 6) is 2.52. The zero-order chi connectivity index (χ0) is 15.2. The number of aryl methyl sites for hydroxylation is 1. The Bertz CT molecular complexity index is 572. The van der Waals surface area contributed by atoms with Crippen molar-refractivity contribution in [1.29, 1.82) is 0 Å². The van der Waals surface area contributed by atoms with Crippen LogP contribution in [0, 0.1) is 3.57 Å². The predicted molar refractivity (Wildman–Crippen MR) is 94.9 cm³/mol. The maximum absolute atomic E-state index is 5.19. The van der Waals surface area contributed by atoms with Crippen molar-refractivity contribution in [3.05, 3.63) is 33.5 Å². The van der Waals surface area contributed by atoms with Crippen LogP contribution in [0.2, 0.25) is 0 Å². The monoisotopic (exact) mass is 397 g/mol. The van der Waals surface area contributed by atoms with E-state index in [0.717, 1.165) is 51.6 Å². The molecule has 0 radical (unpaired) electrons. The second-order valence-electron chi connectivity index (χ2n) is 4.67. The van der Waals surface area contributed by atoms with E-state index in [2.05, 4.69) is 46.7 Å². The molecular weight excluding hydrogens is 377 g/mol. The molecule has 0 bridgehead atoms. The summed E-state index contributed by atoms with van der Waals surface area (Å²) < 4.78 is 6.31. The molecule has 0 saturated heterocycles. The first-order valence-electron chi connectivity index (χ1n) is 7.14. The van der Waals surface area contributed by atoms with Gasteiger partial charge in [-0.1, -0.05) is 13.3 Å². The molecular formula is C16H20IN3O. The van der Waals surface area contributed by atoms with Crippen LogP contribution in [0.3, 0.4) is 0 Å². The standard InChI is InChI=1S/C16H20IN3O/c1-4-6-13-14(17)16(18-5-2)20-15(19-13)11-7-9-12(21-3)10-8-11/h7-10H,4-6H2,1-3H3,(H,18,19,20). The molecule has 2 rings (SSSR count). The first-order valence-corrected chi connectivity index (χ1v) is 8.22. The molecule has 0 aliphatic heterocycles. The minimum atomic E-state index is 0.762. The normalized spacial score (nSPS) is 10.5. The van der Waals surface area contributed by atoms with Crippen LogP contribution in [-0.2, 0) is 6.42 Å². The van der Waals surface area contributed by atoms with Crippen molar-refractivity contribution in [2.45, 2.75) is 26.7 Å². The average molecular weight is 397 g/mol. The predicted octanol–water partition coefficient (Wildman–Crippen LogP) is 4.14. The molecule has 5 heteroatoms. The number of methoxy groups -OCH3 is 1. The first kappa shape index (κ1) is 16.0. The van der Waals surface area contributed by atoms with Crippen LogP contribution in [0.4, 0.5) is 5.82 Å². The van der Waals surface area contributed by atoms with Gasteiger partial charge in [-0.05, 0) is 60.2 Å². The third-order valence-corrected chi connectivity index (χ3v) is 4.23. The molecule has 0 saturated carbocycles. The summed E-state index contributed by atoms with van der Waals surface area (Å²) in [6.07, 6.45) is 2.03. The number of hydrogen-bond donors (Lipinski definition) is 1. The minimum Gasteiger partial charge on any atom is -0.497 e. The van der Waals surface area contributed by atoms with E-state index in [1.165, 1.54) is 0 Å². The first-order chi connectivity index (χ1) is 10.2. The highest BCUT2D eigenvalue weighted by atomic mass is 127. The average Bonchev–Trinajstić information content (AvgIpc) is 2.51. The van der Waals surface area contributed by atoms with Gasteiger partial charge in [0.1, 0.15) is 11.6 Å². The fourth-order valence-electron chi connectivity index (χ4n) is 2.05. The Kier molecular flexibility index (Phi) is 5.78. The molecule has 1 heterocycles. The molecule has 1 N–H and O–H groups in total. The van der Waals surface area contributed by atoms with Gasteiger partial charge in [-0.2, -0.15) is 0 Å². The molecule has 0 amide bonds. The molecule has 1 aromatic carbocycles. The van der Waals surface area contributed by atoms with Gasteiger partial charge >= 0.3 is 0 Å². The molecule has 0 aliphatic carbocycles. The number of nitrogens with one attached hydrogen (secondary N) is 1. The van der Waals surface area contributed by atoms with Crippen LogP contribution in [0.25, 0.3) is 11.4 Å². The van der Waals surface area contributed by atoms with Gasteiger partial charge in [0.25, 0.3) is 0 Å². The van der Waals surface area contributed by atoms with Crippen molar-refractivity contribution in [2.24, 2.45) is 0 Å². The number of aromatic nitrogens is 2. The molecule has 21 heavy (non-hydrogen) atoms. The lowest BCUT2D eigenvalue weighted by Gasteiger charge is -2.12. The van der Waals surface area contributed by atoms with Crippen molar-refractivity contribution in [3.8, 4) is 17.1 Å². The Morgan fingerprint density at radius 3 is 2.43 bits per heavy atom. The Balaban J connectivity index is 2.45. The lowest BCUT2D eigenvalue weighted by molar-refractivity contribution is 0.415. The second-order valence-corrected chi connectivity index (χ2v) is 5.74. The summed E-state index contributed by atoms with van der Waals surface area (Å²) in [6, 6.07) is 7.85. The van der Waals surface area contributed by atoms with Crippen molar-refractivity contribution in [2.75, 3.05) is 19.0 Å². The Morgan fingerprint density at radius 1 is 1.14 bits per heavy atom. The minimum absolute atomic E-state index is 0.762. The van der Waals surface area contributed by atoms with Gasteiger partial charge in [0, 0.05) is 12.1 Å². The van der Waals surface area contributed by atoms with E-state index in [4.69, 9.17) is 9.72 Å². The molecule has 112 valence electrons. The number of ether oxygens (including phenoxy) is 1. The van der Waals surface area contributed by atoms with Crippen molar-refractivity contribution in [3.63, 3.8) is 0 Å². The van der Waals surface area contributed by atoms with Gasteiger partial charge in [-0.25, -0.2) is 9.97 Å². The zero-order valence-electron chi connectivity index (χ0n) is 12.6. The van der Waals surface area contributed by atoms with Gasteiger partial charge in [0.15, 0.2) is 5.82 Å². The number of benzene rings is 1. The van der Waals surface area contributed by atoms with Crippen molar-refractivity contribution >= 4 is 28.4 Å². The molecule has 0 aliphatic rings. The summed E-state index contributed by atoms with van der Waals surface area (Å²) in [4.78, 5) is 9.39. The van der Waals surface area contributed by atoms with Gasteiger partial charge < -0.3 is 10.1 Å². The summed E-state index contributed by atoms with van der Waals surface area (Å²) in [5.41, 5.74) is 2.11. The van der Waals surface area contributed by atoms with E-state index >= 15 is 0 Å². The SMILES string of the molecule is CCCc1nc(-c2ccc(OC)cc2)nc(NCC)c1I. The molecule has 0 fully saturated rings. The molecule has 1 aromatic heterocycles. The quantitative estimate of drug-likeness (QED) is 0.745. The highest BCUT2D eigenvalue weighted by Crippen LogP contribution is 2.26. The maximum Gasteiger partial charge on any atom is 0.161 e. The number of rotatable bonds is 6. The fraction of sp³-hybridized carbons (Fsp3) is 0.375. The lowest BCUT2D eigenvalue weighted by atomic mass is 10.2. The van der Waals surface area contributed by atoms with Crippen molar-refractivity contribution < 1.29 is 4.74 Å². The van der Waals surface area contributed by atoms with E-state index in [9.17, 15) is 0 Å². The van der Waals surface area contributed by atoms with Gasteiger partial charge in [-0.15, -0.1) is 0 Å². The second kappa shape index (κ2) is 7.59. The number of anilines is 1. The smallest absolute Gasteiger partial charge is 0.161 e. The van der Waals surface area contributed by atoms with Crippen molar-refractivity contribution in [1.82, 2.24) is 9.97 Å². The van der Waals surface area contributed by atoms with Crippen LogP contribution in [-0.4, -0.2) is 23.6 Å². The van der Waals surface area contributed by atoms with E-state index in [0.29, 0.717) is 0 Å². The fourth-order valence-corrected chi connectivity index (χ4v) is 2.75. The molecule has 0 unspecified atom stereocenters. The van der Waals surface area contributed by atoms with E-state index in [1.807, 2.05) is 24.3 Å². The van der Waals surface area contributed by atoms with Gasteiger partial charge in [0.05, 0.1) is 16.4 Å². The van der Waals surface area contributed by atoms with Crippen LogP contribution in [0.1, 0.15) is 26.0 Å². The largest absolute Gasteiger partial charge is 0.497 e. The van der Waals surface area contributed by atoms with Gasteiger partial charge in [0.2, 0.25) is 0 Å². The summed E-state index contributed by atoms with van der Waals surface area (Å²) in [5, 5.41) is 3.32. The highest BCUT2D eigenvalue weighted by Gasteiger charge is 2.12. The third-order valence-electron chi connectivity index (χ3n) is 3.10. The summed E-state index contributed by atoms with van der Waals surface area (Å²) in [7, 11) is 1.67. The number of nitrogens with zero attached hydrogens (tertiary/aromatic N) is 2. The molecule has 0 spiro atoms. The van der Waals surface area contributed by atoms with Crippen LogP contribution in [0.15, 0.2) is 24.3 Å². The van der Waals surface area contributed by atoms with E-state index in [-0.39, 0.29) is 0 Å². The van der Waals surface area contributed by atoms with E-state index in [1.54, 1.807) is 7.11 Å². The summed E-state index contributed by atoms with van der Waals surface area (Å²) >= 11 is 2.33. The van der Waals surface area contributed by atoms with Crippen LogP contribution in [0.5, 0.6) is 5.75 Å². The lowest BCUT2D eigenvalue weighted by Crippen LogP contribution is -2.08. The maximum atomic E-state index is 5.19. The number of hydrogen-bond acceptors (Lipinski definition) is 4. The third kappa shape index (κ3) is 3.84. The molecule has 2 aromatic rings. The summed E-state index contributed by atoms with van der Waals surface area (Å²) in [6.45, 7) is 5.09.